The standard InChI is InChI=1S/C10H9F2N3O5S/c1-20-10(17)8-7(16)6-9(14-3-2-13-6)15(4-5(11)12)21(8,18)19/h2-3,5,8H,4H2,1H3. The Morgan fingerprint density at radius 2 is 2.05 bits per heavy atom. The minimum absolute atomic E-state index is 0.211. The number of fused-ring (bicyclic) bond motifs is 1. The van der Waals surface area contributed by atoms with Gasteiger partial charge in [-0.15, -0.1) is 0 Å². The number of ether oxygens (including phenoxy) is 1. The summed E-state index contributed by atoms with van der Waals surface area (Å²) in [5, 5.41) is -2.26. The predicted octanol–water partition coefficient (Wildman–Crippen LogP) is -0.384. The number of Topliss-reactive ketones (excluding diaryl/α,β-unsaturated/α-hetero) is 1. The molecule has 2 rings (SSSR count). The molecule has 0 saturated carbocycles. The molecule has 114 valence electrons. The summed E-state index contributed by atoms with van der Waals surface area (Å²) in [6, 6.07) is 0. The lowest BCUT2D eigenvalue weighted by Gasteiger charge is -2.31. The number of esters is 1. The van der Waals surface area contributed by atoms with Crippen LogP contribution in [0.2, 0.25) is 0 Å². The molecule has 2 heterocycles. The topological polar surface area (TPSA) is 107 Å². The zero-order valence-corrected chi connectivity index (χ0v) is 11.4. The Bertz CT molecular complexity index is 694. The molecule has 21 heavy (non-hydrogen) atoms. The monoisotopic (exact) mass is 321 g/mol. The van der Waals surface area contributed by atoms with Gasteiger partial charge in [0.1, 0.15) is 0 Å². The van der Waals surface area contributed by atoms with Gasteiger partial charge < -0.3 is 4.74 Å². The zero-order chi connectivity index (χ0) is 15.8. The third-order valence-corrected chi connectivity index (χ3v) is 4.65. The number of aromatic nitrogens is 2. The van der Waals surface area contributed by atoms with Crippen LogP contribution >= 0.6 is 0 Å². The minimum atomic E-state index is -4.71. The molecule has 0 bridgehead atoms. The van der Waals surface area contributed by atoms with E-state index in [1.165, 1.54) is 0 Å². The van der Waals surface area contributed by atoms with E-state index in [0.717, 1.165) is 19.5 Å². The van der Waals surface area contributed by atoms with Gasteiger partial charge in [-0.3, -0.25) is 9.59 Å². The highest BCUT2D eigenvalue weighted by molar-refractivity contribution is 7.95. The summed E-state index contributed by atoms with van der Waals surface area (Å²) in [5.74, 6) is -3.05. The fraction of sp³-hybridized carbons (Fsp3) is 0.400. The largest absolute Gasteiger partial charge is 0.468 e. The van der Waals surface area contributed by atoms with Gasteiger partial charge in [-0.05, 0) is 0 Å². The van der Waals surface area contributed by atoms with Crippen molar-refractivity contribution in [3.8, 4) is 0 Å². The molecule has 1 atom stereocenters. The molecule has 0 amide bonds. The molecule has 0 N–H and O–H groups in total. The molecule has 1 aromatic rings. The van der Waals surface area contributed by atoms with Crippen LogP contribution in [0.15, 0.2) is 12.4 Å². The molecular weight excluding hydrogens is 312 g/mol. The van der Waals surface area contributed by atoms with E-state index < -0.39 is 51.5 Å². The van der Waals surface area contributed by atoms with Crippen molar-refractivity contribution in [2.24, 2.45) is 0 Å². The first-order valence-electron chi connectivity index (χ1n) is 5.53. The van der Waals surface area contributed by atoms with Gasteiger partial charge in [0.25, 0.3) is 16.4 Å². The first kappa shape index (κ1) is 15.2. The lowest BCUT2D eigenvalue weighted by atomic mass is 10.2. The van der Waals surface area contributed by atoms with Crippen molar-refractivity contribution in [2.45, 2.75) is 11.7 Å². The van der Waals surface area contributed by atoms with Gasteiger partial charge in [-0.2, -0.15) is 0 Å². The fourth-order valence-electron chi connectivity index (χ4n) is 1.85. The SMILES string of the molecule is COC(=O)C1C(=O)c2nccnc2N(CC(F)F)S1(=O)=O. The molecule has 11 heteroatoms. The lowest BCUT2D eigenvalue weighted by molar-refractivity contribution is -0.139. The summed E-state index contributed by atoms with van der Waals surface area (Å²) in [6.45, 7) is -1.24. The number of alkyl halides is 2. The molecule has 1 unspecified atom stereocenters. The normalized spacial score (nSPS) is 20.3. The Kier molecular flexibility index (Phi) is 3.85. The Hall–Kier alpha value is -2.17. The zero-order valence-electron chi connectivity index (χ0n) is 10.6. The van der Waals surface area contributed by atoms with Crippen LogP contribution in [0.3, 0.4) is 0 Å². The Labute approximate surface area is 117 Å². The third-order valence-electron chi connectivity index (χ3n) is 2.71. The van der Waals surface area contributed by atoms with Crippen LogP contribution in [0, 0.1) is 0 Å². The van der Waals surface area contributed by atoms with Crippen LogP contribution < -0.4 is 4.31 Å². The second-order valence-corrected chi connectivity index (χ2v) is 5.91. The number of anilines is 1. The van der Waals surface area contributed by atoms with E-state index in [0.29, 0.717) is 0 Å². The first-order chi connectivity index (χ1) is 9.80. The van der Waals surface area contributed by atoms with Crippen molar-refractivity contribution < 1.29 is 31.5 Å². The molecule has 1 aliphatic rings. The van der Waals surface area contributed by atoms with E-state index in [4.69, 9.17) is 0 Å². The molecule has 1 aliphatic heterocycles. The van der Waals surface area contributed by atoms with Crippen LogP contribution in [0.1, 0.15) is 10.5 Å². The van der Waals surface area contributed by atoms with Gasteiger partial charge >= 0.3 is 5.97 Å². The lowest BCUT2D eigenvalue weighted by Crippen LogP contribution is -2.53. The summed E-state index contributed by atoms with van der Waals surface area (Å²) in [7, 11) is -3.82. The molecule has 0 saturated heterocycles. The average Bonchev–Trinajstić information content (AvgIpc) is 2.43. The smallest absolute Gasteiger partial charge is 0.334 e. The maximum Gasteiger partial charge on any atom is 0.334 e. The quantitative estimate of drug-likeness (QED) is 0.551. The molecule has 0 fully saturated rings. The number of rotatable bonds is 3. The predicted molar refractivity (Wildman–Crippen MR) is 64.4 cm³/mol. The molecule has 0 spiro atoms. The van der Waals surface area contributed by atoms with Gasteiger partial charge in [0, 0.05) is 12.4 Å². The van der Waals surface area contributed by atoms with E-state index in [2.05, 4.69) is 14.7 Å². The number of hydrogen-bond donors (Lipinski definition) is 0. The van der Waals surface area contributed by atoms with E-state index >= 15 is 0 Å². The van der Waals surface area contributed by atoms with Crippen molar-refractivity contribution in [3.63, 3.8) is 0 Å². The van der Waals surface area contributed by atoms with Crippen LogP contribution in [-0.4, -0.2) is 55.5 Å². The highest BCUT2D eigenvalue weighted by Crippen LogP contribution is 2.30. The molecular formula is C10H9F2N3O5S. The number of sulfonamides is 1. The maximum absolute atomic E-state index is 12.6. The molecule has 0 radical (unpaired) electrons. The highest BCUT2D eigenvalue weighted by Gasteiger charge is 2.51. The van der Waals surface area contributed by atoms with E-state index in [1.807, 2.05) is 0 Å². The van der Waals surface area contributed by atoms with Crippen LogP contribution in [0.25, 0.3) is 0 Å². The number of ketones is 1. The highest BCUT2D eigenvalue weighted by atomic mass is 32.2. The van der Waals surface area contributed by atoms with E-state index in [9.17, 15) is 26.8 Å². The molecule has 0 aliphatic carbocycles. The molecule has 8 nitrogen and oxygen atoms in total. The van der Waals surface area contributed by atoms with E-state index in [-0.39, 0.29) is 4.31 Å². The van der Waals surface area contributed by atoms with Crippen LogP contribution in [-0.2, 0) is 19.6 Å². The van der Waals surface area contributed by atoms with Crippen molar-refractivity contribution in [2.75, 3.05) is 18.0 Å². The summed E-state index contributed by atoms with van der Waals surface area (Å²) in [4.78, 5) is 30.8. The summed E-state index contributed by atoms with van der Waals surface area (Å²) < 4.78 is 54.1. The summed E-state index contributed by atoms with van der Waals surface area (Å²) in [6.07, 6.45) is -0.886. The van der Waals surface area contributed by atoms with Crippen LogP contribution in [0.4, 0.5) is 14.6 Å². The Morgan fingerprint density at radius 3 is 2.62 bits per heavy atom. The fourth-order valence-corrected chi connectivity index (χ4v) is 3.52. The van der Waals surface area contributed by atoms with Gasteiger partial charge in [0.15, 0.2) is 11.5 Å². The number of methoxy groups -OCH3 is 1. The average molecular weight is 321 g/mol. The maximum atomic E-state index is 12.6. The number of nitrogens with zero attached hydrogens (tertiary/aromatic N) is 3. The third kappa shape index (κ3) is 2.44. The van der Waals surface area contributed by atoms with Gasteiger partial charge in [-0.25, -0.2) is 31.5 Å². The number of hydrogen-bond acceptors (Lipinski definition) is 7. The number of halogens is 2. The Balaban J connectivity index is 2.66. The molecule has 0 aromatic carbocycles. The van der Waals surface area contributed by atoms with Crippen molar-refractivity contribution in [3.05, 3.63) is 18.1 Å². The summed E-state index contributed by atoms with van der Waals surface area (Å²) >= 11 is 0. The minimum Gasteiger partial charge on any atom is -0.468 e. The van der Waals surface area contributed by atoms with Crippen molar-refractivity contribution >= 4 is 27.6 Å². The van der Waals surface area contributed by atoms with E-state index in [1.54, 1.807) is 0 Å². The Morgan fingerprint density at radius 1 is 1.43 bits per heavy atom. The second-order valence-electron chi connectivity index (χ2n) is 3.96. The van der Waals surface area contributed by atoms with Gasteiger partial charge in [0.2, 0.25) is 11.0 Å². The van der Waals surface area contributed by atoms with Gasteiger partial charge in [0.05, 0.1) is 13.7 Å². The second kappa shape index (κ2) is 5.31. The number of carbonyl (C=O) groups is 2. The first-order valence-corrected chi connectivity index (χ1v) is 7.03. The van der Waals surface area contributed by atoms with Crippen molar-refractivity contribution in [1.82, 2.24) is 9.97 Å². The molecule has 1 aromatic heterocycles. The van der Waals surface area contributed by atoms with Gasteiger partial charge in [-0.1, -0.05) is 0 Å². The van der Waals surface area contributed by atoms with Crippen molar-refractivity contribution in [1.29, 1.82) is 0 Å². The summed E-state index contributed by atoms with van der Waals surface area (Å²) in [5.41, 5.74) is -0.469. The number of carbonyl (C=O) groups excluding carboxylic acids is 2. The van der Waals surface area contributed by atoms with Crippen LogP contribution in [0.5, 0.6) is 0 Å².